The normalized spacial score (nSPS) is 10.4. The van der Waals surface area contributed by atoms with Crippen LogP contribution in [0.2, 0.25) is 0 Å². The highest BCUT2D eigenvalue weighted by Gasteiger charge is 2.03. The molecule has 0 radical (unpaired) electrons. The zero-order valence-electron chi connectivity index (χ0n) is 9.19. The van der Waals surface area contributed by atoms with Gasteiger partial charge in [0.1, 0.15) is 6.61 Å². The molecule has 3 N–H and O–H groups in total. The van der Waals surface area contributed by atoms with E-state index in [1.54, 1.807) is 13.0 Å². The summed E-state index contributed by atoms with van der Waals surface area (Å²) in [5, 5.41) is 0. The van der Waals surface area contributed by atoms with E-state index in [0.717, 1.165) is 5.56 Å². The molecule has 0 unspecified atom stereocenters. The lowest BCUT2D eigenvalue weighted by atomic mass is 10.2. The summed E-state index contributed by atoms with van der Waals surface area (Å²) in [4.78, 5) is 11.3. The van der Waals surface area contributed by atoms with E-state index in [0.29, 0.717) is 12.2 Å². The first-order chi connectivity index (χ1) is 6.74. The van der Waals surface area contributed by atoms with Crippen LogP contribution >= 0.6 is 0 Å². The van der Waals surface area contributed by atoms with Gasteiger partial charge in [0.25, 0.3) is 0 Å². The smallest absolute Gasteiger partial charge is 0.333 e. The fourth-order valence-corrected chi connectivity index (χ4v) is 0.955. The first kappa shape index (κ1) is 13.4. The Morgan fingerprint density at radius 1 is 1.33 bits per heavy atom. The standard InChI is InChI=1S/C12H14O2.H3N/c1-3-10(2)12(13)14-9-11-7-5-4-6-8-11;/h3-8H,9H2,1-2H3;1H3. The van der Waals surface area contributed by atoms with E-state index in [9.17, 15) is 4.79 Å². The van der Waals surface area contributed by atoms with E-state index in [1.807, 2.05) is 37.3 Å². The molecule has 1 aromatic carbocycles. The van der Waals surface area contributed by atoms with Crippen LogP contribution < -0.4 is 6.15 Å². The number of benzene rings is 1. The van der Waals surface area contributed by atoms with Gasteiger partial charge < -0.3 is 10.9 Å². The Hall–Kier alpha value is -1.61. The van der Waals surface area contributed by atoms with Crippen molar-refractivity contribution in [3.63, 3.8) is 0 Å². The second-order valence-corrected chi connectivity index (χ2v) is 3.03. The second-order valence-electron chi connectivity index (χ2n) is 3.03. The predicted octanol–water partition coefficient (Wildman–Crippen LogP) is 2.86. The number of allylic oxidation sites excluding steroid dienone is 1. The molecule has 82 valence electrons. The topological polar surface area (TPSA) is 61.3 Å². The molecule has 3 nitrogen and oxygen atoms in total. The van der Waals surface area contributed by atoms with Crippen LogP contribution in [0.25, 0.3) is 0 Å². The third kappa shape index (κ3) is 4.42. The van der Waals surface area contributed by atoms with Gasteiger partial charge in [0.05, 0.1) is 0 Å². The zero-order chi connectivity index (χ0) is 10.4. The molecule has 0 heterocycles. The molecule has 0 aliphatic carbocycles. The Labute approximate surface area is 90.3 Å². The lowest BCUT2D eigenvalue weighted by Crippen LogP contribution is -2.05. The van der Waals surface area contributed by atoms with Crippen LogP contribution in [0.1, 0.15) is 19.4 Å². The van der Waals surface area contributed by atoms with E-state index in [-0.39, 0.29) is 12.1 Å². The highest BCUT2D eigenvalue weighted by molar-refractivity contribution is 5.87. The fourth-order valence-electron chi connectivity index (χ4n) is 0.955. The van der Waals surface area contributed by atoms with Crippen molar-refractivity contribution in [1.29, 1.82) is 0 Å². The van der Waals surface area contributed by atoms with E-state index in [4.69, 9.17) is 4.74 Å². The largest absolute Gasteiger partial charge is 0.457 e. The molecule has 15 heavy (non-hydrogen) atoms. The molecule has 0 saturated heterocycles. The molecule has 1 rings (SSSR count). The molecule has 0 spiro atoms. The number of carbonyl (C=O) groups excluding carboxylic acids is 1. The van der Waals surface area contributed by atoms with Gasteiger partial charge in [0, 0.05) is 5.57 Å². The van der Waals surface area contributed by atoms with Gasteiger partial charge in [-0.2, -0.15) is 0 Å². The molecule has 0 aliphatic heterocycles. The molecule has 0 bridgehead atoms. The molecule has 3 heteroatoms. The van der Waals surface area contributed by atoms with Gasteiger partial charge >= 0.3 is 5.97 Å². The Bertz CT molecular complexity index is 331. The van der Waals surface area contributed by atoms with Crippen molar-refractivity contribution in [2.75, 3.05) is 0 Å². The molecular weight excluding hydrogens is 190 g/mol. The van der Waals surface area contributed by atoms with Crippen LogP contribution in [0.5, 0.6) is 0 Å². The predicted molar refractivity (Wildman–Crippen MR) is 60.7 cm³/mol. The minimum Gasteiger partial charge on any atom is -0.457 e. The number of esters is 1. The van der Waals surface area contributed by atoms with Gasteiger partial charge in [-0.25, -0.2) is 4.79 Å². The maximum absolute atomic E-state index is 11.3. The fraction of sp³-hybridized carbons (Fsp3) is 0.250. The maximum atomic E-state index is 11.3. The molecule has 0 saturated carbocycles. The van der Waals surface area contributed by atoms with E-state index < -0.39 is 0 Å². The molecule has 0 aromatic heterocycles. The molecule has 1 aromatic rings. The summed E-state index contributed by atoms with van der Waals surface area (Å²) >= 11 is 0. The minimum absolute atomic E-state index is 0. The van der Waals surface area contributed by atoms with Crippen molar-refractivity contribution in [3.8, 4) is 0 Å². The first-order valence-corrected chi connectivity index (χ1v) is 4.58. The van der Waals surface area contributed by atoms with Crippen LogP contribution in [0.4, 0.5) is 0 Å². The first-order valence-electron chi connectivity index (χ1n) is 4.58. The number of rotatable bonds is 3. The van der Waals surface area contributed by atoms with Gasteiger partial charge in [0.15, 0.2) is 0 Å². The quantitative estimate of drug-likeness (QED) is 0.612. The average Bonchev–Trinajstić information content (AvgIpc) is 2.26. The number of ether oxygens (including phenoxy) is 1. The summed E-state index contributed by atoms with van der Waals surface area (Å²) in [7, 11) is 0. The van der Waals surface area contributed by atoms with E-state index >= 15 is 0 Å². The second kappa shape index (κ2) is 6.79. The van der Waals surface area contributed by atoms with Crippen LogP contribution in [-0.4, -0.2) is 5.97 Å². The van der Waals surface area contributed by atoms with Gasteiger partial charge in [0.2, 0.25) is 0 Å². The lowest BCUT2D eigenvalue weighted by Gasteiger charge is -2.04. The molecule has 0 amide bonds. The van der Waals surface area contributed by atoms with Crippen molar-refractivity contribution in [3.05, 3.63) is 47.5 Å². The Morgan fingerprint density at radius 2 is 1.93 bits per heavy atom. The number of carbonyl (C=O) groups is 1. The lowest BCUT2D eigenvalue weighted by molar-refractivity contribution is -0.140. The van der Waals surface area contributed by atoms with Crippen LogP contribution in [-0.2, 0) is 16.1 Å². The molecule has 0 atom stereocenters. The van der Waals surface area contributed by atoms with Crippen molar-refractivity contribution in [2.45, 2.75) is 20.5 Å². The number of hydrogen-bond acceptors (Lipinski definition) is 3. The monoisotopic (exact) mass is 207 g/mol. The van der Waals surface area contributed by atoms with Crippen LogP contribution in [0, 0.1) is 0 Å². The average molecular weight is 207 g/mol. The summed E-state index contributed by atoms with van der Waals surface area (Å²) in [5.41, 5.74) is 1.64. The Kier molecular flexibility index (Phi) is 6.06. The van der Waals surface area contributed by atoms with E-state index in [2.05, 4.69) is 0 Å². The Morgan fingerprint density at radius 3 is 2.47 bits per heavy atom. The van der Waals surface area contributed by atoms with Gasteiger partial charge in [-0.3, -0.25) is 0 Å². The molecule has 0 aliphatic rings. The molecule has 0 fully saturated rings. The summed E-state index contributed by atoms with van der Waals surface area (Å²) in [6.07, 6.45) is 1.74. The number of hydrogen-bond donors (Lipinski definition) is 1. The third-order valence-corrected chi connectivity index (χ3v) is 1.97. The minimum atomic E-state index is -0.253. The van der Waals surface area contributed by atoms with Crippen LogP contribution in [0.3, 0.4) is 0 Å². The molecular formula is C12H17NO2. The summed E-state index contributed by atoms with van der Waals surface area (Å²) in [6, 6.07) is 9.64. The van der Waals surface area contributed by atoms with Crippen molar-refractivity contribution < 1.29 is 9.53 Å². The van der Waals surface area contributed by atoms with Gasteiger partial charge in [-0.15, -0.1) is 0 Å². The third-order valence-electron chi connectivity index (χ3n) is 1.97. The van der Waals surface area contributed by atoms with Gasteiger partial charge in [-0.1, -0.05) is 36.4 Å². The summed E-state index contributed by atoms with van der Waals surface area (Å²) in [6.45, 7) is 3.90. The zero-order valence-corrected chi connectivity index (χ0v) is 9.19. The Balaban J connectivity index is 0.00000196. The maximum Gasteiger partial charge on any atom is 0.333 e. The van der Waals surface area contributed by atoms with E-state index in [1.165, 1.54) is 0 Å². The summed E-state index contributed by atoms with van der Waals surface area (Å²) < 4.78 is 5.07. The van der Waals surface area contributed by atoms with Crippen molar-refractivity contribution in [2.24, 2.45) is 0 Å². The van der Waals surface area contributed by atoms with Gasteiger partial charge in [-0.05, 0) is 19.4 Å². The SMILES string of the molecule is CC=C(C)C(=O)OCc1ccccc1.N. The highest BCUT2D eigenvalue weighted by Crippen LogP contribution is 2.03. The summed E-state index contributed by atoms with van der Waals surface area (Å²) in [5.74, 6) is -0.253. The van der Waals surface area contributed by atoms with Crippen molar-refractivity contribution in [1.82, 2.24) is 6.15 Å². The van der Waals surface area contributed by atoms with Crippen LogP contribution in [0.15, 0.2) is 42.0 Å². The highest BCUT2D eigenvalue weighted by atomic mass is 16.5. The van der Waals surface area contributed by atoms with Crippen molar-refractivity contribution >= 4 is 5.97 Å².